The lowest BCUT2D eigenvalue weighted by atomic mass is 10.2. The second kappa shape index (κ2) is 6.16. The molecule has 0 atom stereocenters. The summed E-state index contributed by atoms with van der Waals surface area (Å²) >= 11 is 0. The van der Waals surface area contributed by atoms with Gasteiger partial charge in [0.05, 0.1) is 6.54 Å². The summed E-state index contributed by atoms with van der Waals surface area (Å²) < 4.78 is 5.25. The van der Waals surface area contributed by atoms with E-state index in [4.69, 9.17) is 4.52 Å². The molecule has 0 fully saturated rings. The topological polar surface area (TPSA) is 101 Å². The van der Waals surface area contributed by atoms with Crippen LogP contribution in [0.3, 0.4) is 0 Å². The quantitative estimate of drug-likeness (QED) is 0.614. The number of carbonyl (C=O) groups excluding carboxylic acids is 1. The smallest absolute Gasteiger partial charge is 0.254 e. The number of carbonyl (C=O) groups is 1. The predicted molar refractivity (Wildman–Crippen MR) is 89.4 cm³/mol. The summed E-state index contributed by atoms with van der Waals surface area (Å²) in [6.07, 6.45) is 0. The Hall–Kier alpha value is -3.55. The zero-order chi connectivity index (χ0) is 17.2. The fraction of sp³-hybridized carbons (Fsp3) is 0.118. The lowest BCUT2D eigenvalue weighted by molar-refractivity contribution is 0.0769. The number of nitrogens with one attached hydrogen (secondary N) is 1. The van der Waals surface area contributed by atoms with Gasteiger partial charge in [-0.1, -0.05) is 35.5 Å². The summed E-state index contributed by atoms with van der Waals surface area (Å²) in [6, 6.07) is 14.7. The molecular formula is C17H14N6O2. The van der Waals surface area contributed by atoms with Gasteiger partial charge in [0.2, 0.25) is 11.7 Å². The van der Waals surface area contributed by atoms with Gasteiger partial charge in [0.15, 0.2) is 0 Å². The van der Waals surface area contributed by atoms with Gasteiger partial charge in [-0.15, -0.1) is 0 Å². The molecule has 0 radical (unpaired) electrons. The van der Waals surface area contributed by atoms with E-state index in [0.717, 1.165) is 5.56 Å². The number of benzene rings is 2. The Kier molecular flexibility index (Phi) is 3.70. The molecule has 4 rings (SSSR count). The van der Waals surface area contributed by atoms with Crippen molar-refractivity contribution in [1.82, 2.24) is 30.5 Å². The van der Waals surface area contributed by atoms with E-state index in [1.807, 2.05) is 30.3 Å². The summed E-state index contributed by atoms with van der Waals surface area (Å²) in [6.45, 7) is 0.218. The van der Waals surface area contributed by atoms with Crippen LogP contribution in [-0.2, 0) is 6.54 Å². The summed E-state index contributed by atoms with van der Waals surface area (Å²) in [4.78, 5) is 18.4. The number of H-pyrrole nitrogens is 1. The lowest BCUT2D eigenvalue weighted by Crippen LogP contribution is -2.26. The highest BCUT2D eigenvalue weighted by Gasteiger charge is 2.17. The molecule has 0 aliphatic rings. The third-order valence-electron chi connectivity index (χ3n) is 3.78. The lowest BCUT2D eigenvalue weighted by Gasteiger charge is -2.14. The van der Waals surface area contributed by atoms with Crippen LogP contribution in [0, 0.1) is 0 Å². The number of hydrogen-bond donors (Lipinski definition) is 1. The van der Waals surface area contributed by atoms with E-state index in [0.29, 0.717) is 28.3 Å². The minimum absolute atomic E-state index is 0.163. The highest BCUT2D eigenvalue weighted by molar-refractivity contribution is 5.97. The minimum atomic E-state index is -0.163. The predicted octanol–water partition coefficient (Wildman–Crippen LogP) is 2.28. The SMILES string of the molecule is CN(Cc1nc(-c2ccccc2)no1)C(=O)c1ccc2n[nH]nc2c1. The van der Waals surface area contributed by atoms with Crippen LogP contribution in [0.5, 0.6) is 0 Å². The molecule has 4 aromatic rings. The van der Waals surface area contributed by atoms with Crippen molar-refractivity contribution in [2.75, 3.05) is 7.05 Å². The summed E-state index contributed by atoms with van der Waals surface area (Å²) in [5.74, 6) is 0.710. The number of nitrogens with zero attached hydrogens (tertiary/aromatic N) is 5. The molecule has 0 saturated heterocycles. The van der Waals surface area contributed by atoms with Crippen LogP contribution in [0.2, 0.25) is 0 Å². The molecule has 0 spiro atoms. The molecule has 2 heterocycles. The van der Waals surface area contributed by atoms with E-state index in [9.17, 15) is 4.79 Å². The van der Waals surface area contributed by atoms with Crippen molar-refractivity contribution in [2.24, 2.45) is 0 Å². The van der Waals surface area contributed by atoms with E-state index < -0.39 is 0 Å². The van der Waals surface area contributed by atoms with E-state index in [1.54, 1.807) is 25.2 Å². The van der Waals surface area contributed by atoms with Crippen LogP contribution in [0.25, 0.3) is 22.4 Å². The van der Waals surface area contributed by atoms with Crippen molar-refractivity contribution in [1.29, 1.82) is 0 Å². The molecule has 1 N–H and O–H groups in total. The molecule has 1 amide bonds. The van der Waals surface area contributed by atoms with Crippen molar-refractivity contribution < 1.29 is 9.32 Å². The van der Waals surface area contributed by atoms with Crippen LogP contribution < -0.4 is 0 Å². The Morgan fingerprint density at radius 3 is 2.76 bits per heavy atom. The third-order valence-corrected chi connectivity index (χ3v) is 3.78. The fourth-order valence-corrected chi connectivity index (χ4v) is 2.49. The molecule has 0 bridgehead atoms. The third kappa shape index (κ3) is 2.97. The van der Waals surface area contributed by atoms with Crippen molar-refractivity contribution in [3.05, 3.63) is 60.0 Å². The fourth-order valence-electron chi connectivity index (χ4n) is 2.49. The standard InChI is InChI=1S/C17H14N6O2/c1-23(17(24)12-7-8-13-14(9-12)20-22-19-13)10-15-18-16(21-25-15)11-5-3-2-4-6-11/h2-9H,10H2,1H3,(H,19,20,22). The Labute approximate surface area is 142 Å². The van der Waals surface area contributed by atoms with Gasteiger partial charge in [0.25, 0.3) is 5.91 Å². The largest absolute Gasteiger partial charge is 0.337 e. The Morgan fingerprint density at radius 2 is 1.92 bits per heavy atom. The Bertz CT molecular complexity index is 1020. The molecule has 0 saturated carbocycles. The van der Waals surface area contributed by atoms with Gasteiger partial charge in [-0.3, -0.25) is 4.79 Å². The number of rotatable bonds is 4. The molecule has 124 valence electrons. The van der Waals surface area contributed by atoms with Crippen molar-refractivity contribution in [2.45, 2.75) is 6.54 Å². The number of aromatic amines is 1. The zero-order valence-electron chi connectivity index (χ0n) is 13.4. The highest BCUT2D eigenvalue weighted by Crippen LogP contribution is 2.17. The Balaban J connectivity index is 1.50. The van der Waals surface area contributed by atoms with Crippen LogP contribution in [-0.4, -0.2) is 43.4 Å². The molecule has 25 heavy (non-hydrogen) atoms. The van der Waals surface area contributed by atoms with Gasteiger partial charge in [0, 0.05) is 18.2 Å². The maximum Gasteiger partial charge on any atom is 0.254 e. The molecule has 2 aromatic carbocycles. The maximum absolute atomic E-state index is 12.6. The highest BCUT2D eigenvalue weighted by atomic mass is 16.5. The van der Waals surface area contributed by atoms with Gasteiger partial charge in [-0.05, 0) is 18.2 Å². The van der Waals surface area contributed by atoms with Gasteiger partial charge in [0.1, 0.15) is 11.0 Å². The van der Waals surface area contributed by atoms with E-state index >= 15 is 0 Å². The molecule has 0 aliphatic carbocycles. The molecule has 8 heteroatoms. The van der Waals surface area contributed by atoms with Crippen LogP contribution in [0.4, 0.5) is 0 Å². The summed E-state index contributed by atoms with van der Waals surface area (Å²) in [7, 11) is 1.68. The van der Waals surface area contributed by atoms with E-state index in [-0.39, 0.29) is 12.5 Å². The van der Waals surface area contributed by atoms with Gasteiger partial charge in [-0.25, -0.2) is 0 Å². The van der Waals surface area contributed by atoms with Gasteiger partial charge < -0.3 is 9.42 Å². The first-order valence-corrected chi connectivity index (χ1v) is 7.65. The van der Waals surface area contributed by atoms with E-state index in [2.05, 4.69) is 25.6 Å². The maximum atomic E-state index is 12.6. The van der Waals surface area contributed by atoms with Gasteiger partial charge in [-0.2, -0.15) is 20.4 Å². The van der Waals surface area contributed by atoms with Crippen molar-refractivity contribution in [3.63, 3.8) is 0 Å². The zero-order valence-corrected chi connectivity index (χ0v) is 13.4. The molecule has 8 nitrogen and oxygen atoms in total. The Morgan fingerprint density at radius 1 is 1.12 bits per heavy atom. The number of aromatic nitrogens is 5. The van der Waals surface area contributed by atoms with Crippen molar-refractivity contribution in [3.8, 4) is 11.4 Å². The summed E-state index contributed by atoms with van der Waals surface area (Å²) in [5.41, 5.74) is 2.74. The number of fused-ring (bicyclic) bond motifs is 1. The molecule has 2 aromatic heterocycles. The van der Waals surface area contributed by atoms with Crippen LogP contribution in [0.15, 0.2) is 53.1 Å². The molecule has 0 aliphatic heterocycles. The number of hydrogen-bond acceptors (Lipinski definition) is 6. The molecule has 0 unspecified atom stereocenters. The first kappa shape index (κ1) is 15.0. The van der Waals surface area contributed by atoms with Crippen molar-refractivity contribution >= 4 is 16.9 Å². The first-order chi connectivity index (χ1) is 12.2. The average Bonchev–Trinajstić information content (AvgIpc) is 3.30. The average molecular weight is 334 g/mol. The minimum Gasteiger partial charge on any atom is -0.337 e. The number of amides is 1. The van der Waals surface area contributed by atoms with Crippen LogP contribution in [0.1, 0.15) is 16.2 Å². The van der Waals surface area contributed by atoms with Gasteiger partial charge >= 0.3 is 0 Å². The second-order valence-electron chi connectivity index (χ2n) is 5.57. The normalized spacial score (nSPS) is 10.9. The summed E-state index contributed by atoms with van der Waals surface area (Å²) in [5, 5.41) is 14.5. The van der Waals surface area contributed by atoms with E-state index in [1.165, 1.54) is 4.90 Å². The second-order valence-corrected chi connectivity index (χ2v) is 5.57. The monoisotopic (exact) mass is 334 g/mol. The first-order valence-electron chi connectivity index (χ1n) is 7.65. The molecular weight excluding hydrogens is 320 g/mol. The van der Waals surface area contributed by atoms with Crippen LogP contribution >= 0.6 is 0 Å².